The molecule has 1 unspecified atom stereocenters. The molecule has 2 rings (SSSR count). The minimum atomic E-state index is -0.167. The highest BCUT2D eigenvalue weighted by atomic mass is 79.9. The first-order valence-electron chi connectivity index (χ1n) is 5.36. The third-order valence-corrected chi connectivity index (χ3v) is 4.58. The Bertz CT molecular complexity index is 556. The van der Waals surface area contributed by atoms with E-state index in [4.69, 9.17) is 11.6 Å². The summed E-state index contributed by atoms with van der Waals surface area (Å²) in [5.41, 5.74) is 1.58. The fourth-order valence-electron chi connectivity index (χ4n) is 1.56. The molecule has 18 heavy (non-hydrogen) atoms. The van der Waals surface area contributed by atoms with Crippen LogP contribution in [0, 0.1) is 0 Å². The molecule has 0 bridgehead atoms. The maximum atomic E-state index is 12.1. The Morgan fingerprint density at radius 2 is 2.22 bits per heavy atom. The van der Waals surface area contributed by atoms with E-state index in [1.807, 2.05) is 23.8 Å². The second kappa shape index (κ2) is 5.87. The number of halogens is 2. The maximum absolute atomic E-state index is 12.1. The van der Waals surface area contributed by atoms with E-state index in [-0.39, 0.29) is 11.9 Å². The minimum Gasteiger partial charge on any atom is -0.345 e. The summed E-state index contributed by atoms with van der Waals surface area (Å²) in [5.74, 6) is -0.167. The first-order valence-corrected chi connectivity index (χ1v) is 7.48. The molecule has 0 saturated heterocycles. The van der Waals surface area contributed by atoms with Crippen molar-refractivity contribution in [2.45, 2.75) is 13.0 Å². The van der Waals surface area contributed by atoms with Crippen molar-refractivity contribution in [2.24, 2.45) is 0 Å². The zero-order valence-electron chi connectivity index (χ0n) is 9.61. The molecule has 0 radical (unpaired) electrons. The van der Waals surface area contributed by atoms with Crippen molar-refractivity contribution in [1.29, 1.82) is 0 Å². The lowest BCUT2D eigenvalue weighted by atomic mass is 10.1. The third kappa shape index (κ3) is 2.94. The van der Waals surface area contributed by atoms with Crippen LogP contribution in [0.25, 0.3) is 0 Å². The molecule has 1 atom stereocenters. The molecule has 1 amide bonds. The highest BCUT2D eigenvalue weighted by Crippen LogP contribution is 2.26. The summed E-state index contributed by atoms with van der Waals surface area (Å²) in [7, 11) is 0. The predicted molar refractivity (Wildman–Crippen MR) is 79.4 cm³/mol. The van der Waals surface area contributed by atoms with Crippen molar-refractivity contribution in [3.63, 3.8) is 0 Å². The smallest absolute Gasteiger partial charge is 0.253 e. The molecule has 2 nitrogen and oxygen atoms in total. The molecule has 1 N–H and O–H groups in total. The van der Waals surface area contributed by atoms with E-state index in [1.54, 1.807) is 29.5 Å². The molecule has 0 spiro atoms. The van der Waals surface area contributed by atoms with Crippen molar-refractivity contribution in [3.8, 4) is 0 Å². The first-order chi connectivity index (χ1) is 8.59. The fourth-order valence-corrected chi connectivity index (χ4v) is 2.89. The Hall–Kier alpha value is -0.840. The normalized spacial score (nSPS) is 12.2. The van der Waals surface area contributed by atoms with E-state index in [1.165, 1.54) is 0 Å². The topological polar surface area (TPSA) is 29.1 Å². The van der Waals surface area contributed by atoms with Gasteiger partial charge in [0, 0.05) is 4.47 Å². The van der Waals surface area contributed by atoms with Gasteiger partial charge in [0.25, 0.3) is 5.91 Å². The van der Waals surface area contributed by atoms with Gasteiger partial charge in [-0.3, -0.25) is 4.79 Å². The van der Waals surface area contributed by atoms with Crippen LogP contribution >= 0.6 is 38.9 Å². The van der Waals surface area contributed by atoms with Crippen LogP contribution in [0.15, 0.2) is 39.5 Å². The van der Waals surface area contributed by atoms with Crippen molar-refractivity contribution in [3.05, 3.63) is 55.6 Å². The molecule has 5 heteroatoms. The molecule has 2 aromatic rings. The van der Waals surface area contributed by atoms with Crippen LogP contribution < -0.4 is 5.32 Å². The zero-order chi connectivity index (χ0) is 13.1. The number of nitrogens with one attached hydrogen (secondary N) is 1. The van der Waals surface area contributed by atoms with E-state index < -0.39 is 0 Å². The summed E-state index contributed by atoms with van der Waals surface area (Å²) >= 11 is 11.0. The molecule has 0 aliphatic rings. The second-order valence-corrected chi connectivity index (χ2v) is 5.87. The van der Waals surface area contributed by atoms with Crippen LogP contribution in [0.5, 0.6) is 0 Å². The molecule has 94 valence electrons. The monoisotopic (exact) mass is 343 g/mol. The number of carbonyl (C=O) groups excluding carboxylic acids is 1. The summed E-state index contributed by atoms with van der Waals surface area (Å²) in [6.45, 7) is 1.95. The average molecular weight is 345 g/mol. The van der Waals surface area contributed by atoms with Gasteiger partial charge in [-0.2, -0.15) is 11.3 Å². The van der Waals surface area contributed by atoms with Gasteiger partial charge in [0.15, 0.2) is 0 Å². The van der Waals surface area contributed by atoms with Crippen molar-refractivity contribution in [1.82, 2.24) is 5.32 Å². The lowest BCUT2D eigenvalue weighted by Crippen LogP contribution is -2.26. The summed E-state index contributed by atoms with van der Waals surface area (Å²) in [5, 5.41) is 7.38. The molecule has 0 saturated carbocycles. The van der Waals surface area contributed by atoms with Gasteiger partial charge >= 0.3 is 0 Å². The standard InChI is InChI=1S/C13H11BrClNOS/c1-8(9-5-6-18-7-9)16-13(17)10-3-2-4-11(14)12(10)15/h2-8H,1H3,(H,16,17). The summed E-state index contributed by atoms with van der Waals surface area (Å²) < 4.78 is 0.722. The fraction of sp³-hybridized carbons (Fsp3) is 0.154. The Labute approximate surface area is 123 Å². The van der Waals surface area contributed by atoms with Crippen LogP contribution in [0.2, 0.25) is 5.02 Å². The SMILES string of the molecule is CC(NC(=O)c1cccc(Br)c1Cl)c1ccsc1. The van der Waals surface area contributed by atoms with Gasteiger partial charge in [-0.15, -0.1) is 0 Å². The van der Waals surface area contributed by atoms with Crippen molar-refractivity contribution < 1.29 is 4.79 Å². The molecular formula is C13H11BrClNOS. The molecule has 0 fully saturated rings. The Morgan fingerprint density at radius 3 is 2.89 bits per heavy atom. The van der Waals surface area contributed by atoms with E-state index in [0.717, 1.165) is 10.0 Å². The van der Waals surface area contributed by atoms with Gasteiger partial charge in [0.05, 0.1) is 16.6 Å². The predicted octanol–water partition coefficient (Wildman–Crippen LogP) is 4.66. The van der Waals surface area contributed by atoms with Crippen LogP contribution in [-0.4, -0.2) is 5.91 Å². The summed E-state index contributed by atoms with van der Waals surface area (Å²) in [6.07, 6.45) is 0. The molecule has 0 aliphatic carbocycles. The van der Waals surface area contributed by atoms with E-state index in [9.17, 15) is 4.79 Å². The largest absolute Gasteiger partial charge is 0.345 e. The van der Waals surface area contributed by atoms with Gasteiger partial charge in [-0.1, -0.05) is 17.7 Å². The van der Waals surface area contributed by atoms with Crippen LogP contribution in [0.1, 0.15) is 28.9 Å². The van der Waals surface area contributed by atoms with E-state index >= 15 is 0 Å². The minimum absolute atomic E-state index is 0.0289. The molecular weight excluding hydrogens is 334 g/mol. The number of thiophene rings is 1. The molecule has 1 aromatic carbocycles. The zero-order valence-corrected chi connectivity index (χ0v) is 12.8. The van der Waals surface area contributed by atoms with Crippen LogP contribution in [0.3, 0.4) is 0 Å². The highest BCUT2D eigenvalue weighted by molar-refractivity contribution is 9.10. The lowest BCUT2D eigenvalue weighted by Gasteiger charge is -2.13. The van der Waals surface area contributed by atoms with Crippen LogP contribution in [0.4, 0.5) is 0 Å². The Kier molecular flexibility index (Phi) is 4.43. The first kappa shape index (κ1) is 13.6. The lowest BCUT2D eigenvalue weighted by molar-refractivity contribution is 0.0940. The number of benzene rings is 1. The molecule has 0 aliphatic heterocycles. The van der Waals surface area contributed by atoms with Gasteiger partial charge in [0.1, 0.15) is 0 Å². The quantitative estimate of drug-likeness (QED) is 0.862. The number of hydrogen-bond donors (Lipinski definition) is 1. The summed E-state index contributed by atoms with van der Waals surface area (Å²) in [6, 6.07) is 7.28. The number of carbonyl (C=O) groups is 1. The van der Waals surface area contributed by atoms with E-state index in [0.29, 0.717) is 10.6 Å². The maximum Gasteiger partial charge on any atom is 0.253 e. The van der Waals surface area contributed by atoms with Gasteiger partial charge in [0.2, 0.25) is 0 Å². The number of amides is 1. The Morgan fingerprint density at radius 1 is 1.44 bits per heavy atom. The molecule has 1 aromatic heterocycles. The van der Waals surface area contributed by atoms with E-state index in [2.05, 4.69) is 21.2 Å². The highest BCUT2D eigenvalue weighted by Gasteiger charge is 2.15. The second-order valence-electron chi connectivity index (χ2n) is 3.85. The van der Waals surface area contributed by atoms with Crippen molar-refractivity contribution in [2.75, 3.05) is 0 Å². The molecule has 1 heterocycles. The number of hydrogen-bond acceptors (Lipinski definition) is 2. The van der Waals surface area contributed by atoms with Crippen molar-refractivity contribution >= 4 is 44.8 Å². The van der Waals surface area contributed by atoms with Gasteiger partial charge in [-0.25, -0.2) is 0 Å². The summed E-state index contributed by atoms with van der Waals surface area (Å²) in [4.78, 5) is 12.1. The average Bonchev–Trinajstić information content (AvgIpc) is 2.86. The van der Waals surface area contributed by atoms with Gasteiger partial charge in [-0.05, 0) is 57.4 Å². The van der Waals surface area contributed by atoms with Gasteiger partial charge < -0.3 is 5.32 Å². The van der Waals surface area contributed by atoms with Crippen LogP contribution in [-0.2, 0) is 0 Å². The third-order valence-electron chi connectivity index (χ3n) is 2.59. The Balaban J connectivity index is 2.15. The number of rotatable bonds is 3.